The lowest BCUT2D eigenvalue weighted by atomic mass is 9.76. The second kappa shape index (κ2) is 8.97. The number of hydrogen-bond donors (Lipinski definition) is 1. The number of likely N-dealkylation sites (tertiary alicyclic amines) is 1. The molecule has 150 valence electrons. The molecule has 3 fully saturated rings. The van der Waals surface area contributed by atoms with Crippen LogP contribution in [0.15, 0.2) is 12.4 Å². The number of hydrogen-bond acceptors (Lipinski definition) is 8. The average molecular weight is 387 g/mol. The number of carbonyl (C=O) groups excluding carboxylic acids is 1. The summed E-state index contributed by atoms with van der Waals surface area (Å²) in [6.45, 7) is 4.29. The third-order valence-corrected chi connectivity index (χ3v) is 5.79. The number of nitrogens with zero attached hydrogens (tertiary/aromatic N) is 5. The predicted molar refractivity (Wildman–Crippen MR) is 99.5 cm³/mol. The van der Waals surface area contributed by atoms with Gasteiger partial charge in [-0.15, -0.1) is 0 Å². The van der Waals surface area contributed by atoms with Crippen LogP contribution in [-0.2, 0) is 14.3 Å². The first-order valence-corrected chi connectivity index (χ1v) is 9.59. The molecule has 0 amide bonds. The molecule has 0 radical (unpaired) electrons. The first-order chi connectivity index (χ1) is 13.6. The fraction of sp³-hybridized carbons (Fsp3) is 0.632. The van der Waals surface area contributed by atoms with E-state index in [1.54, 1.807) is 6.20 Å². The van der Waals surface area contributed by atoms with Gasteiger partial charge < -0.3 is 14.7 Å². The summed E-state index contributed by atoms with van der Waals surface area (Å²) in [4.78, 5) is 33.8. The van der Waals surface area contributed by atoms with Crippen LogP contribution in [0, 0.1) is 16.7 Å². The van der Waals surface area contributed by atoms with E-state index in [9.17, 15) is 10.1 Å². The van der Waals surface area contributed by atoms with Crippen LogP contribution in [0.3, 0.4) is 0 Å². The number of rotatable bonds is 3. The van der Waals surface area contributed by atoms with Crippen molar-refractivity contribution in [2.45, 2.75) is 38.2 Å². The number of aromatic nitrogens is 2. The number of piperidine rings is 1. The van der Waals surface area contributed by atoms with E-state index in [0.29, 0.717) is 24.6 Å². The van der Waals surface area contributed by atoms with E-state index in [2.05, 4.69) is 25.8 Å². The Morgan fingerprint density at radius 3 is 2.54 bits per heavy atom. The van der Waals surface area contributed by atoms with Crippen molar-refractivity contribution in [2.24, 2.45) is 5.41 Å². The van der Waals surface area contributed by atoms with E-state index in [-0.39, 0.29) is 24.0 Å². The van der Waals surface area contributed by atoms with Crippen molar-refractivity contribution < 1.29 is 19.4 Å². The van der Waals surface area contributed by atoms with Gasteiger partial charge in [-0.3, -0.25) is 14.5 Å². The second-order valence-electron chi connectivity index (χ2n) is 7.45. The normalized spacial score (nSPS) is 23.6. The molecular weight excluding hydrogens is 362 g/mol. The molecule has 1 N–H and O–H groups in total. The molecule has 1 unspecified atom stereocenters. The van der Waals surface area contributed by atoms with Crippen molar-refractivity contribution >= 4 is 18.3 Å². The summed E-state index contributed by atoms with van der Waals surface area (Å²) in [7, 11) is 0. The Hall–Kier alpha value is -2.73. The van der Waals surface area contributed by atoms with Crippen molar-refractivity contribution in [2.75, 3.05) is 37.6 Å². The van der Waals surface area contributed by atoms with E-state index < -0.39 is 0 Å². The van der Waals surface area contributed by atoms with Gasteiger partial charge in [0.25, 0.3) is 6.47 Å². The minimum Gasteiger partial charge on any atom is -0.483 e. The molecule has 1 aromatic rings. The molecule has 4 rings (SSSR count). The Kier molecular flexibility index (Phi) is 6.41. The Labute approximate surface area is 163 Å². The molecule has 0 aromatic carbocycles. The van der Waals surface area contributed by atoms with Crippen LogP contribution in [0.5, 0.6) is 0 Å². The van der Waals surface area contributed by atoms with Crippen molar-refractivity contribution in [1.82, 2.24) is 14.9 Å². The van der Waals surface area contributed by atoms with Gasteiger partial charge in [-0.25, -0.2) is 9.97 Å². The molecule has 3 aliphatic rings. The van der Waals surface area contributed by atoms with Gasteiger partial charge in [0.05, 0.1) is 5.41 Å². The standard InChI is InChI=1S/C18H23N5O2.CH2O2/c19-12-15-16(21-6-5-20-15)23-9-3-18(4-10-23)11-14(25-17(18)24)13-22-7-1-2-8-22;2-1-3/h5-6,14H,1-4,7-11,13H2;1H,(H,2,3). The number of ether oxygens (including phenoxy) is 1. The van der Waals surface area contributed by atoms with Gasteiger partial charge in [-0.2, -0.15) is 5.26 Å². The number of anilines is 1. The first-order valence-electron chi connectivity index (χ1n) is 9.59. The molecule has 9 nitrogen and oxygen atoms in total. The number of carboxylic acid groups (broad SMARTS) is 1. The largest absolute Gasteiger partial charge is 0.483 e. The maximum atomic E-state index is 12.6. The maximum Gasteiger partial charge on any atom is 0.312 e. The highest BCUT2D eigenvalue weighted by Crippen LogP contribution is 2.44. The number of esters is 1. The zero-order valence-electron chi connectivity index (χ0n) is 15.8. The molecule has 3 aliphatic heterocycles. The minimum atomic E-state index is -0.351. The molecular formula is C19H25N5O4. The summed E-state index contributed by atoms with van der Waals surface area (Å²) in [5.41, 5.74) is -0.00466. The summed E-state index contributed by atoms with van der Waals surface area (Å²) in [5.74, 6) is 0.593. The van der Waals surface area contributed by atoms with Crippen molar-refractivity contribution in [3.05, 3.63) is 18.1 Å². The molecule has 28 heavy (non-hydrogen) atoms. The van der Waals surface area contributed by atoms with Crippen LogP contribution < -0.4 is 4.90 Å². The highest BCUT2D eigenvalue weighted by atomic mass is 16.6. The molecule has 0 bridgehead atoms. The Bertz CT molecular complexity index is 736. The molecule has 1 atom stereocenters. The fourth-order valence-electron chi connectivity index (χ4n) is 4.39. The number of cyclic esters (lactones) is 1. The summed E-state index contributed by atoms with van der Waals surface area (Å²) >= 11 is 0. The van der Waals surface area contributed by atoms with Crippen LogP contribution in [0.1, 0.15) is 37.8 Å². The van der Waals surface area contributed by atoms with E-state index in [1.807, 2.05) is 0 Å². The topological polar surface area (TPSA) is 120 Å². The van der Waals surface area contributed by atoms with Crippen molar-refractivity contribution in [3.8, 4) is 6.07 Å². The van der Waals surface area contributed by atoms with E-state index >= 15 is 0 Å². The minimum absolute atomic E-state index is 0.0309. The van der Waals surface area contributed by atoms with E-state index in [4.69, 9.17) is 14.6 Å². The quantitative estimate of drug-likeness (QED) is 0.599. The molecule has 1 spiro atoms. The van der Waals surface area contributed by atoms with Gasteiger partial charge in [-0.05, 0) is 38.8 Å². The third-order valence-electron chi connectivity index (χ3n) is 5.79. The summed E-state index contributed by atoms with van der Waals surface area (Å²) in [6.07, 6.45) is 8.00. The number of nitriles is 1. The lowest BCUT2D eigenvalue weighted by Crippen LogP contribution is -2.43. The third kappa shape index (κ3) is 4.22. The Balaban J connectivity index is 0.000000706. The summed E-state index contributed by atoms with van der Waals surface area (Å²) < 4.78 is 5.72. The summed E-state index contributed by atoms with van der Waals surface area (Å²) in [5, 5.41) is 16.1. The van der Waals surface area contributed by atoms with Gasteiger partial charge in [0.1, 0.15) is 12.2 Å². The van der Waals surface area contributed by atoms with Crippen molar-refractivity contribution in [3.63, 3.8) is 0 Å². The van der Waals surface area contributed by atoms with Crippen LogP contribution >= 0.6 is 0 Å². The maximum absolute atomic E-state index is 12.6. The smallest absolute Gasteiger partial charge is 0.312 e. The Morgan fingerprint density at radius 2 is 1.89 bits per heavy atom. The van der Waals surface area contributed by atoms with Crippen LogP contribution in [0.25, 0.3) is 0 Å². The second-order valence-corrected chi connectivity index (χ2v) is 7.45. The van der Waals surface area contributed by atoms with Crippen LogP contribution in [-0.4, -0.2) is 71.2 Å². The Morgan fingerprint density at radius 1 is 1.25 bits per heavy atom. The van der Waals surface area contributed by atoms with Gasteiger partial charge >= 0.3 is 5.97 Å². The van der Waals surface area contributed by atoms with E-state index in [1.165, 1.54) is 19.0 Å². The highest BCUT2D eigenvalue weighted by Gasteiger charge is 2.50. The molecule has 9 heteroatoms. The molecule has 0 saturated carbocycles. The average Bonchev–Trinajstić information content (AvgIpc) is 3.32. The van der Waals surface area contributed by atoms with Gasteiger partial charge in [0, 0.05) is 38.4 Å². The highest BCUT2D eigenvalue weighted by molar-refractivity contribution is 5.79. The SMILES string of the molecule is N#Cc1nccnc1N1CCC2(CC1)CC(CN1CCCC1)OC2=O.O=CO. The molecule has 3 saturated heterocycles. The van der Waals surface area contributed by atoms with E-state index in [0.717, 1.165) is 38.9 Å². The van der Waals surface area contributed by atoms with Gasteiger partial charge in [-0.1, -0.05) is 0 Å². The zero-order chi connectivity index (χ0) is 20.0. The molecule has 1 aromatic heterocycles. The molecule has 4 heterocycles. The van der Waals surface area contributed by atoms with Crippen LogP contribution in [0.4, 0.5) is 5.82 Å². The summed E-state index contributed by atoms with van der Waals surface area (Å²) in [6, 6.07) is 2.10. The predicted octanol–water partition coefficient (Wildman–Crippen LogP) is 1.05. The zero-order valence-corrected chi connectivity index (χ0v) is 15.8. The molecule has 0 aliphatic carbocycles. The lowest BCUT2D eigenvalue weighted by Gasteiger charge is -2.37. The fourth-order valence-corrected chi connectivity index (χ4v) is 4.39. The monoisotopic (exact) mass is 387 g/mol. The number of carbonyl (C=O) groups is 2. The van der Waals surface area contributed by atoms with Gasteiger partial charge in [0.2, 0.25) is 0 Å². The van der Waals surface area contributed by atoms with Gasteiger partial charge in [0.15, 0.2) is 11.5 Å². The lowest BCUT2D eigenvalue weighted by molar-refractivity contribution is -0.150. The van der Waals surface area contributed by atoms with Crippen molar-refractivity contribution in [1.29, 1.82) is 5.26 Å². The first kappa shape index (κ1) is 20.0. The van der Waals surface area contributed by atoms with Crippen LogP contribution in [0.2, 0.25) is 0 Å².